The summed E-state index contributed by atoms with van der Waals surface area (Å²) in [5.41, 5.74) is 0.901. The van der Waals surface area contributed by atoms with Crippen molar-refractivity contribution in [3.8, 4) is 0 Å². The number of hydrogen-bond acceptors (Lipinski definition) is 2. The van der Waals surface area contributed by atoms with Crippen LogP contribution in [-0.4, -0.2) is 40.2 Å². The molecule has 1 saturated heterocycles. The summed E-state index contributed by atoms with van der Waals surface area (Å²) in [5.74, 6) is -0.818. The Hall–Kier alpha value is -0.425. The van der Waals surface area contributed by atoms with Crippen LogP contribution in [0.1, 0.15) is 12.8 Å². The van der Waals surface area contributed by atoms with Gasteiger partial charge in [-0.25, -0.2) is 0 Å². The molecule has 1 aliphatic heterocycles. The average molecular weight is 329 g/mol. The number of carbonyl (C=O) groups is 1. The van der Waals surface area contributed by atoms with E-state index >= 15 is 0 Å². The maximum atomic E-state index is 10.8. The molecule has 16 heavy (non-hydrogen) atoms. The monoisotopic (exact) mass is 329 g/mol. The quantitative estimate of drug-likeness (QED) is 0.356. The Balaban J connectivity index is 1.86. The SMILES string of the molecule is [B]=C1C=CC([I-]N2CCC(C(=O)O)C2)=CC1. The Bertz CT molecular complexity index is 378. The van der Waals surface area contributed by atoms with Crippen molar-refractivity contribution in [2.45, 2.75) is 12.8 Å². The van der Waals surface area contributed by atoms with E-state index in [1.54, 1.807) is 0 Å². The number of halogens is 1. The molecule has 1 atom stereocenters. The van der Waals surface area contributed by atoms with Crippen molar-refractivity contribution in [1.29, 1.82) is 0 Å². The van der Waals surface area contributed by atoms with Crippen molar-refractivity contribution in [3.05, 3.63) is 21.8 Å². The van der Waals surface area contributed by atoms with E-state index in [4.69, 9.17) is 12.6 Å². The van der Waals surface area contributed by atoms with Gasteiger partial charge in [-0.1, -0.05) is 0 Å². The molecule has 0 spiro atoms. The van der Waals surface area contributed by atoms with E-state index in [2.05, 4.69) is 15.3 Å². The van der Waals surface area contributed by atoms with Crippen molar-refractivity contribution in [1.82, 2.24) is 3.11 Å². The van der Waals surface area contributed by atoms with Gasteiger partial charge in [0.05, 0.1) is 0 Å². The number of aliphatic carboxylic acids is 1. The van der Waals surface area contributed by atoms with Crippen LogP contribution in [-0.2, 0) is 4.79 Å². The van der Waals surface area contributed by atoms with Crippen molar-refractivity contribution >= 4 is 18.9 Å². The molecule has 3 nitrogen and oxygen atoms in total. The van der Waals surface area contributed by atoms with Crippen LogP contribution in [0, 0.1) is 5.92 Å². The van der Waals surface area contributed by atoms with E-state index in [-0.39, 0.29) is 27.4 Å². The summed E-state index contributed by atoms with van der Waals surface area (Å²) in [4.78, 5) is 10.8. The zero-order chi connectivity index (χ0) is 11.5. The Morgan fingerprint density at radius 3 is 2.94 bits per heavy atom. The number of nitrogens with zero attached hydrogens (tertiary/aromatic N) is 1. The number of hydrogen-bond donors (Lipinski definition) is 1. The number of allylic oxidation sites excluding steroid dienone is 4. The molecule has 0 aromatic carbocycles. The molecule has 2 aliphatic rings. The number of carboxylic acids is 1. The summed E-state index contributed by atoms with van der Waals surface area (Å²) in [6.45, 7) is 1.64. The summed E-state index contributed by atoms with van der Waals surface area (Å²) in [6, 6.07) is 0. The average Bonchev–Trinajstić information content (AvgIpc) is 2.70. The fourth-order valence-corrected chi connectivity index (χ4v) is 4.47. The van der Waals surface area contributed by atoms with E-state index < -0.39 is 5.97 Å². The summed E-state index contributed by atoms with van der Waals surface area (Å²) < 4.78 is 3.65. The van der Waals surface area contributed by atoms with Gasteiger partial charge >= 0.3 is 107 Å². The van der Waals surface area contributed by atoms with Crippen LogP contribution < -0.4 is 21.5 Å². The zero-order valence-electron chi connectivity index (χ0n) is 8.90. The second-order valence-corrected chi connectivity index (χ2v) is 7.07. The van der Waals surface area contributed by atoms with E-state index in [1.165, 1.54) is 3.58 Å². The van der Waals surface area contributed by atoms with Crippen LogP contribution in [0.2, 0.25) is 0 Å². The molecule has 0 aromatic heterocycles. The molecule has 0 saturated carbocycles. The van der Waals surface area contributed by atoms with Crippen LogP contribution in [0.5, 0.6) is 0 Å². The Labute approximate surface area is 107 Å². The normalized spacial score (nSPS) is 26.1. The predicted molar refractivity (Wildman–Crippen MR) is 59.9 cm³/mol. The van der Waals surface area contributed by atoms with Crippen LogP contribution in [0.25, 0.3) is 0 Å². The third kappa shape index (κ3) is 3.04. The first-order valence-electron chi connectivity index (χ1n) is 5.27. The molecule has 1 unspecified atom stereocenters. The van der Waals surface area contributed by atoms with Gasteiger partial charge in [0.15, 0.2) is 0 Å². The fourth-order valence-electron chi connectivity index (χ4n) is 1.73. The first kappa shape index (κ1) is 12.0. The molecule has 85 valence electrons. The molecule has 1 radical (unpaired) electrons. The molecule has 0 bridgehead atoms. The van der Waals surface area contributed by atoms with E-state index in [0.29, 0.717) is 6.54 Å². The van der Waals surface area contributed by atoms with E-state index in [0.717, 1.165) is 24.8 Å². The summed E-state index contributed by atoms with van der Waals surface area (Å²) in [7, 11) is 5.67. The Morgan fingerprint density at radius 2 is 2.38 bits per heavy atom. The van der Waals surface area contributed by atoms with E-state index in [1.807, 2.05) is 6.08 Å². The molecule has 5 heteroatoms. The van der Waals surface area contributed by atoms with Gasteiger partial charge in [-0.15, -0.1) is 0 Å². The minimum absolute atomic E-state index is 0.162. The fraction of sp³-hybridized carbons (Fsp3) is 0.455. The summed E-state index contributed by atoms with van der Waals surface area (Å²) in [6.07, 6.45) is 7.82. The van der Waals surface area contributed by atoms with E-state index in [9.17, 15) is 4.79 Å². The number of carboxylic acid groups (broad SMARTS) is 1. The van der Waals surface area contributed by atoms with Crippen molar-refractivity contribution < 1.29 is 31.4 Å². The van der Waals surface area contributed by atoms with Gasteiger partial charge in [0, 0.05) is 0 Å². The zero-order valence-corrected chi connectivity index (χ0v) is 11.1. The van der Waals surface area contributed by atoms with Crippen molar-refractivity contribution in [2.75, 3.05) is 13.1 Å². The van der Waals surface area contributed by atoms with Gasteiger partial charge in [0.1, 0.15) is 0 Å². The second kappa shape index (κ2) is 5.27. The van der Waals surface area contributed by atoms with Crippen molar-refractivity contribution in [2.24, 2.45) is 5.92 Å². The van der Waals surface area contributed by atoms with Gasteiger partial charge < -0.3 is 0 Å². The molecule has 0 amide bonds. The predicted octanol–water partition coefficient (Wildman–Crippen LogP) is -2.42. The van der Waals surface area contributed by atoms with Gasteiger partial charge in [-0.2, -0.15) is 0 Å². The van der Waals surface area contributed by atoms with Crippen molar-refractivity contribution in [3.63, 3.8) is 0 Å². The molecule has 1 heterocycles. The molecule has 2 rings (SSSR count). The Morgan fingerprint density at radius 1 is 1.56 bits per heavy atom. The maximum absolute atomic E-state index is 10.8. The van der Waals surface area contributed by atoms with Gasteiger partial charge in [0.2, 0.25) is 0 Å². The molecule has 1 fully saturated rings. The standard InChI is InChI=1S/C11H13BINO2/c12-9-1-3-10(4-2-9)13-14-6-5-8(7-14)11(15)16/h1,3-4,8H,2,5-7H2,(H,15,16)/q-1. The van der Waals surface area contributed by atoms with Gasteiger partial charge in [0.25, 0.3) is 0 Å². The first-order chi connectivity index (χ1) is 7.65. The number of rotatable bonds is 3. The van der Waals surface area contributed by atoms with Crippen LogP contribution in [0.15, 0.2) is 21.8 Å². The molecule has 1 N–H and O–H groups in total. The van der Waals surface area contributed by atoms with Crippen LogP contribution in [0.3, 0.4) is 0 Å². The molecular formula is C11H13BINO2-. The third-order valence-corrected chi connectivity index (χ3v) is 5.61. The summed E-state index contributed by atoms with van der Waals surface area (Å²) >= 11 is -0.197. The summed E-state index contributed by atoms with van der Waals surface area (Å²) in [5, 5.41) is 8.91. The first-order valence-corrected chi connectivity index (χ1v) is 7.32. The van der Waals surface area contributed by atoms with Gasteiger partial charge in [-0.05, 0) is 0 Å². The third-order valence-electron chi connectivity index (χ3n) is 2.69. The topological polar surface area (TPSA) is 40.5 Å². The minimum atomic E-state index is -0.655. The van der Waals surface area contributed by atoms with Gasteiger partial charge in [-0.3, -0.25) is 0 Å². The Kier molecular flexibility index (Phi) is 3.97. The van der Waals surface area contributed by atoms with Crippen LogP contribution >= 0.6 is 0 Å². The van der Waals surface area contributed by atoms with Crippen LogP contribution in [0.4, 0.5) is 0 Å². The molecule has 0 aromatic rings. The second-order valence-electron chi connectivity index (χ2n) is 3.98. The molecule has 1 aliphatic carbocycles. The molecular weight excluding hydrogens is 316 g/mol.